The lowest BCUT2D eigenvalue weighted by molar-refractivity contribution is 0.0688. The lowest BCUT2D eigenvalue weighted by Crippen LogP contribution is -2.40. The van der Waals surface area contributed by atoms with Crippen LogP contribution < -0.4 is 9.47 Å². The van der Waals surface area contributed by atoms with Crippen LogP contribution in [0.3, 0.4) is 0 Å². The highest BCUT2D eigenvalue weighted by molar-refractivity contribution is 7.89. The molecule has 0 amide bonds. The molecule has 1 aliphatic rings. The van der Waals surface area contributed by atoms with Gasteiger partial charge in [-0.1, -0.05) is 0 Å². The smallest absolute Gasteiger partial charge is 0.343 e. The minimum absolute atomic E-state index is 0.0327. The summed E-state index contributed by atoms with van der Waals surface area (Å²) in [5.41, 5.74) is -0.320. The van der Waals surface area contributed by atoms with Crippen molar-refractivity contribution in [2.45, 2.75) is 4.90 Å². The second kappa shape index (κ2) is 6.51. The number of carboxylic acids is 1. The molecule has 22 heavy (non-hydrogen) atoms. The van der Waals surface area contributed by atoms with Gasteiger partial charge in [0.2, 0.25) is 10.0 Å². The van der Waals surface area contributed by atoms with Crippen LogP contribution in [0.5, 0.6) is 11.5 Å². The monoisotopic (exact) mass is 331 g/mol. The lowest BCUT2D eigenvalue weighted by Gasteiger charge is -2.27. The molecule has 2 rings (SSSR count). The molecule has 0 bridgehead atoms. The predicted molar refractivity (Wildman–Crippen MR) is 76.1 cm³/mol. The van der Waals surface area contributed by atoms with E-state index in [4.69, 9.17) is 14.2 Å². The topological polar surface area (TPSA) is 102 Å². The normalized spacial score (nSPS) is 16.3. The number of hydrogen-bond donors (Lipinski definition) is 1. The van der Waals surface area contributed by atoms with Crippen molar-refractivity contribution >= 4 is 16.0 Å². The zero-order chi connectivity index (χ0) is 16.3. The number of aromatic carboxylic acids is 1. The number of morpholine rings is 1. The zero-order valence-corrected chi connectivity index (χ0v) is 13.1. The number of rotatable bonds is 5. The molecule has 1 aromatic rings. The third-order valence-electron chi connectivity index (χ3n) is 3.31. The first-order valence-electron chi connectivity index (χ1n) is 6.49. The van der Waals surface area contributed by atoms with E-state index in [9.17, 15) is 18.3 Å². The van der Waals surface area contributed by atoms with Crippen molar-refractivity contribution in [1.82, 2.24) is 4.31 Å². The van der Waals surface area contributed by atoms with Crippen molar-refractivity contribution in [3.63, 3.8) is 0 Å². The van der Waals surface area contributed by atoms with Gasteiger partial charge in [-0.05, 0) is 12.1 Å². The molecule has 0 aromatic heterocycles. The molecule has 1 saturated heterocycles. The number of methoxy groups -OCH3 is 2. The summed E-state index contributed by atoms with van der Waals surface area (Å²) < 4.78 is 41.8. The van der Waals surface area contributed by atoms with Crippen molar-refractivity contribution < 1.29 is 32.5 Å². The van der Waals surface area contributed by atoms with Crippen LogP contribution in [0.15, 0.2) is 17.0 Å². The minimum Gasteiger partial charge on any atom is -0.496 e. The number of sulfonamides is 1. The van der Waals surface area contributed by atoms with Gasteiger partial charge in [-0.25, -0.2) is 13.2 Å². The summed E-state index contributed by atoms with van der Waals surface area (Å²) in [7, 11) is -1.35. The summed E-state index contributed by atoms with van der Waals surface area (Å²) in [6.07, 6.45) is 0. The maximum atomic E-state index is 12.7. The number of benzene rings is 1. The first-order chi connectivity index (χ1) is 10.4. The van der Waals surface area contributed by atoms with Gasteiger partial charge in [0.05, 0.1) is 27.4 Å². The molecule has 0 spiro atoms. The molecule has 1 heterocycles. The molecular weight excluding hydrogens is 314 g/mol. The summed E-state index contributed by atoms with van der Waals surface area (Å²) in [5, 5.41) is 9.32. The van der Waals surface area contributed by atoms with Crippen LogP contribution in [0.1, 0.15) is 10.4 Å². The fourth-order valence-electron chi connectivity index (χ4n) is 2.25. The maximum absolute atomic E-state index is 12.7. The molecule has 1 N–H and O–H groups in total. The van der Waals surface area contributed by atoms with E-state index in [1.807, 2.05) is 0 Å². The Morgan fingerprint density at radius 2 is 1.86 bits per heavy atom. The highest BCUT2D eigenvalue weighted by Gasteiger charge is 2.33. The summed E-state index contributed by atoms with van der Waals surface area (Å²) in [6, 6.07) is 2.59. The Balaban J connectivity index is 2.59. The molecule has 8 nitrogen and oxygen atoms in total. The first kappa shape index (κ1) is 16.5. The molecule has 0 saturated carbocycles. The molecule has 122 valence electrons. The molecule has 1 aromatic carbocycles. The van der Waals surface area contributed by atoms with E-state index in [0.717, 1.165) is 0 Å². The van der Waals surface area contributed by atoms with Crippen LogP contribution in [0.4, 0.5) is 0 Å². The van der Waals surface area contributed by atoms with Crippen LogP contribution >= 0.6 is 0 Å². The molecule has 0 radical (unpaired) electrons. The predicted octanol–water partition coefficient (Wildman–Crippen LogP) is 0.423. The van der Waals surface area contributed by atoms with E-state index in [1.165, 1.54) is 30.7 Å². The summed E-state index contributed by atoms with van der Waals surface area (Å²) in [5.74, 6) is -1.53. The van der Waals surface area contributed by atoms with Gasteiger partial charge in [0.25, 0.3) is 0 Å². The SMILES string of the molecule is COc1ccc(S(=O)(=O)N2CCOCC2)c(OC)c1C(=O)O. The third-order valence-corrected chi connectivity index (χ3v) is 5.23. The first-order valence-corrected chi connectivity index (χ1v) is 7.93. The second-order valence-corrected chi connectivity index (χ2v) is 6.40. The third kappa shape index (κ3) is 2.87. The van der Waals surface area contributed by atoms with Crippen molar-refractivity contribution in [3.8, 4) is 11.5 Å². The second-order valence-electron chi connectivity index (χ2n) is 4.50. The van der Waals surface area contributed by atoms with Crippen LogP contribution in [0.25, 0.3) is 0 Å². The maximum Gasteiger partial charge on any atom is 0.343 e. The molecule has 0 aliphatic carbocycles. The van der Waals surface area contributed by atoms with Gasteiger partial charge in [0.15, 0.2) is 5.75 Å². The van der Waals surface area contributed by atoms with E-state index in [-0.39, 0.29) is 35.0 Å². The van der Waals surface area contributed by atoms with Crippen LogP contribution in [0, 0.1) is 0 Å². The lowest BCUT2D eigenvalue weighted by atomic mass is 10.2. The summed E-state index contributed by atoms with van der Waals surface area (Å²) in [6.45, 7) is 1.01. The van der Waals surface area contributed by atoms with Gasteiger partial charge in [-0.3, -0.25) is 0 Å². The Kier molecular flexibility index (Phi) is 4.89. The number of carboxylic acid groups (broad SMARTS) is 1. The highest BCUT2D eigenvalue weighted by atomic mass is 32.2. The van der Waals surface area contributed by atoms with E-state index in [0.29, 0.717) is 13.2 Å². The number of ether oxygens (including phenoxy) is 3. The Labute approximate surface area is 128 Å². The van der Waals surface area contributed by atoms with Gasteiger partial charge >= 0.3 is 5.97 Å². The standard InChI is InChI=1S/C13H17NO7S/c1-19-9-3-4-10(12(20-2)11(9)13(15)16)22(17,18)14-5-7-21-8-6-14/h3-4H,5-8H2,1-2H3,(H,15,16). The van der Waals surface area contributed by atoms with Crippen molar-refractivity contribution in [2.24, 2.45) is 0 Å². The van der Waals surface area contributed by atoms with E-state index < -0.39 is 16.0 Å². The van der Waals surface area contributed by atoms with Gasteiger partial charge < -0.3 is 19.3 Å². The minimum atomic E-state index is -3.88. The molecule has 1 aliphatic heterocycles. The van der Waals surface area contributed by atoms with Gasteiger partial charge in [-0.2, -0.15) is 4.31 Å². The number of carbonyl (C=O) groups is 1. The molecule has 0 atom stereocenters. The summed E-state index contributed by atoms with van der Waals surface area (Å²) in [4.78, 5) is 11.2. The van der Waals surface area contributed by atoms with E-state index in [1.54, 1.807) is 0 Å². The molecule has 0 unspecified atom stereocenters. The Hall–Kier alpha value is -1.84. The average molecular weight is 331 g/mol. The fourth-order valence-corrected chi connectivity index (χ4v) is 3.82. The van der Waals surface area contributed by atoms with Crippen LogP contribution in [-0.2, 0) is 14.8 Å². The van der Waals surface area contributed by atoms with Gasteiger partial charge in [0, 0.05) is 13.1 Å². The quantitative estimate of drug-likeness (QED) is 0.834. The molecular formula is C13H17NO7S. The van der Waals surface area contributed by atoms with Crippen molar-refractivity contribution in [1.29, 1.82) is 0 Å². The van der Waals surface area contributed by atoms with E-state index >= 15 is 0 Å². The van der Waals surface area contributed by atoms with Crippen LogP contribution in [0.2, 0.25) is 0 Å². The largest absolute Gasteiger partial charge is 0.496 e. The average Bonchev–Trinajstić information content (AvgIpc) is 2.53. The fraction of sp³-hybridized carbons (Fsp3) is 0.462. The van der Waals surface area contributed by atoms with Crippen LogP contribution in [-0.4, -0.2) is 64.3 Å². The Morgan fingerprint density at radius 3 is 2.36 bits per heavy atom. The number of hydrogen-bond acceptors (Lipinski definition) is 6. The van der Waals surface area contributed by atoms with Crippen molar-refractivity contribution in [3.05, 3.63) is 17.7 Å². The zero-order valence-electron chi connectivity index (χ0n) is 12.2. The van der Waals surface area contributed by atoms with Crippen molar-refractivity contribution in [2.75, 3.05) is 40.5 Å². The highest BCUT2D eigenvalue weighted by Crippen LogP contribution is 2.36. The Bertz CT molecular complexity index is 665. The molecule has 9 heteroatoms. The van der Waals surface area contributed by atoms with Gasteiger partial charge in [0.1, 0.15) is 16.2 Å². The Morgan fingerprint density at radius 1 is 1.23 bits per heavy atom. The summed E-state index contributed by atoms with van der Waals surface area (Å²) >= 11 is 0. The number of nitrogens with zero attached hydrogens (tertiary/aromatic N) is 1. The van der Waals surface area contributed by atoms with Gasteiger partial charge in [-0.15, -0.1) is 0 Å². The molecule has 1 fully saturated rings. The van der Waals surface area contributed by atoms with E-state index in [2.05, 4.69) is 0 Å².